The molecule has 6 nitrogen and oxygen atoms in total. The van der Waals surface area contributed by atoms with Crippen molar-refractivity contribution < 1.29 is 19.1 Å². The van der Waals surface area contributed by atoms with Crippen molar-refractivity contribution in [2.75, 3.05) is 27.3 Å². The van der Waals surface area contributed by atoms with Crippen molar-refractivity contribution in [3.63, 3.8) is 0 Å². The topological polar surface area (TPSA) is 67.9 Å². The van der Waals surface area contributed by atoms with Gasteiger partial charge in [-0.2, -0.15) is 0 Å². The molecule has 0 radical (unpaired) electrons. The molecule has 0 aromatic heterocycles. The van der Waals surface area contributed by atoms with Crippen molar-refractivity contribution >= 4 is 11.8 Å². The zero-order chi connectivity index (χ0) is 22.1. The minimum atomic E-state index is -0.513. The number of benzene rings is 2. The first-order valence-electron chi connectivity index (χ1n) is 10.9. The van der Waals surface area contributed by atoms with Gasteiger partial charge in [0.05, 0.1) is 26.2 Å². The molecule has 164 valence electrons. The van der Waals surface area contributed by atoms with Crippen molar-refractivity contribution in [1.29, 1.82) is 0 Å². The van der Waals surface area contributed by atoms with Gasteiger partial charge in [0.15, 0.2) is 11.5 Å². The van der Waals surface area contributed by atoms with Crippen molar-refractivity contribution in [1.82, 2.24) is 10.2 Å². The summed E-state index contributed by atoms with van der Waals surface area (Å²) in [6, 6.07) is 11.3. The Morgan fingerprint density at radius 1 is 1.13 bits per heavy atom. The summed E-state index contributed by atoms with van der Waals surface area (Å²) >= 11 is 0. The van der Waals surface area contributed by atoms with Crippen LogP contribution in [-0.2, 0) is 11.2 Å². The van der Waals surface area contributed by atoms with E-state index in [1.165, 1.54) is 5.56 Å². The van der Waals surface area contributed by atoms with Gasteiger partial charge in [0, 0.05) is 18.7 Å². The maximum Gasteiger partial charge on any atom is 0.254 e. The molecule has 6 heteroatoms. The summed E-state index contributed by atoms with van der Waals surface area (Å²) in [7, 11) is 3.11. The molecule has 0 aliphatic carbocycles. The van der Waals surface area contributed by atoms with Gasteiger partial charge in [-0.15, -0.1) is 0 Å². The summed E-state index contributed by atoms with van der Waals surface area (Å²) in [6.07, 6.45) is 1.68. The molecule has 2 aromatic rings. The average molecular weight is 423 g/mol. The van der Waals surface area contributed by atoms with Crippen LogP contribution in [0.4, 0.5) is 0 Å². The van der Waals surface area contributed by atoms with Crippen molar-refractivity contribution in [2.45, 2.75) is 38.6 Å². The van der Waals surface area contributed by atoms with Gasteiger partial charge in [-0.1, -0.05) is 38.1 Å². The Morgan fingerprint density at radius 3 is 2.55 bits per heavy atom. The zero-order valence-corrected chi connectivity index (χ0v) is 18.6. The van der Waals surface area contributed by atoms with Gasteiger partial charge in [-0.05, 0) is 47.6 Å². The van der Waals surface area contributed by atoms with Crippen molar-refractivity contribution in [3.8, 4) is 11.5 Å². The Labute approximate surface area is 183 Å². The van der Waals surface area contributed by atoms with E-state index in [2.05, 4.69) is 25.2 Å². The number of carbonyl (C=O) groups excluding carboxylic acids is 2. The molecule has 0 bridgehead atoms. The van der Waals surface area contributed by atoms with Crippen LogP contribution in [0.15, 0.2) is 36.4 Å². The van der Waals surface area contributed by atoms with Gasteiger partial charge in [0.1, 0.15) is 0 Å². The molecule has 2 heterocycles. The van der Waals surface area contributed by atoms with Crippen LogP contribution >= 0.6 is 0 Å². The lowest BCUT2D eigenvalue weighted by Crippen LogP contribution is -2.50. The molecule has 4 rings (SSSR count). The van der Waals surface area contributed by atoms with Crippen LogP contribution in [0.2, 0.25) is 0 Å². The van der Waals surface area contributed by atoms with Gasteiger partial charge in [-0.3, -0.25) is 9.59 Å². The number of carbonyl (C=O) groups is 2. The highest BCUT2D eigenvalue weighted by atomic mass is 16.5. The molecule has 0 fully saturated rings. The standard InChI is InChI=1S/C25H30N2O4/c1-15(2)9-11-26-24(28)22-18-13-20(30-3)21(31-4)14-19(18)25(29)27-12-10-16-7-5-6-8-17(16)23(22)27/h5-8,13-15,22-23H,9-12H2,1-4H3,(H,26,28)/t22-,23+/m1/s1. The molecule has 0 saturated carbocycles. The maximum absolute atomic E-state index is 13.5. The second kappa shape index (κ2) is 8.61. The molecule has 1 N–H and O–H groups in total. The molecule has 2 aromatic carbocycles. The second-order valence-electron chi connectivity index (χ2n) is 8.64. The quantitative estimate of drug-likeness (QED) is 0.771. The van der Waals surface area contributed by atoms with Gasteiger partial charge < -0.3 is 19.7 Å². The Balaban J connectivity index is 1.84. The van der Waals surface area contributed by atoms with Crippen LogP contribution in [0.1, 0.15) is 59.3 Å². The number of nitrogens with zero attached hydrogens (tertiary/aromatic N) is 1. The highest BCUT2D eigenvalue weighted by Gasteiger charge is 2.46. The number of amides is 2. The van der Waals surface area contributed by atoms with E-state index >= 15 is 0 Å². The number of hydrogen-bond donors (Lipinski definition) is 1. The zero-order valence-electron chi connectivity index (χ0n) is 18.6. The number of fused-ring (bicyclic) bond motifs is 4. The minimum absolute atomic E-state index is 0.0617. The first-order valence-corrected chi connectivity index (χ1v) is 10.9. The molecule has 0 spiro atoms. The second-order valence-corrected chi connectivity index (χ2v) is 8.64. The third-order valence-electron chi connectivity index (χ3n) is 6.33. The van der Waals surface area contributed by atoms with Crippen LogP contribution < -0.4 is 14.8 Å². The van der Waals surface area contributed by atoms with Gasteiger partial charge in [0.25, 0.3) is 5.91 Å². The molecule has 0 unspecified atom stereocenters. The minimum Gasteiger partial charge on any atom is -0.493 e. The number of ether oxygens (including phenoxy) is 2. The molecule has 2 atom stereocenters. The number of methoxy groups -OCH3 is 2. The summed E-state index contributed by atoms with van der Waals surface area (Å²) in [5.74, 6) is 0.865. The molecular formula is C25H30N2O4. The lowest BCUT2D eigenvalue weighted by atomic mass is 9.75. The smallest absolute Gasteiger partial charge is 0.254 e. The van der Waals surface area contributed by atoms with E-state index in [4.69, 9.17) is 9.47 Å². The summed E-state index contributed by atoms with van der Waals surface area (Å²) in [5, 5.41) is 3.12. The SMILES string of the molecule is COc1cc2c(cc1OC)[C@@H](C(=O)NCCC(C)C)[C@@H]1c3ccccc3CCN1C2=O. The van der Waals surface area contributed by atoms with Crippen LogP contribution in [-0.4, -0.2) is 44.0 Å². The molecule has 31 heavy (non-hydrogen) atoms. The predicted octanol–water partition coefficient (Wildman–Crippen LogP) is 3.70. The lowest BCUT2D eigenvalue weighted by molar-refractivity contribution is -0.124. The predicted molar refractivity (Wildman–Crippen MR) is 119 cm³/mol. The number of hydrogen-bond acceptors (Lipinski definition) is 4. The maximum atomic E-state index is 13.5. The fourth-order valence-electron chi connectivity index (χ4n) is 4.73. The van der Waals surface area contributed by atoms with E-state index in [1.807, 2.05) is 23.1 Å². The van der Waals surface area contributed by atoms with Crippen molar-refractivity contribution in [2.24, 2.45) is 5.92 Å². The van der Waals surface area contributed by atoms with Crippen molar-refractivity contribution in [3.05, 3.63) is 58.7 Å². The molecule has 2 aliphatic heterocycles. The first kappa shape index (κ1) is 21.2. The van der Waals surface area contributed by atoms with Crippen LogP contribution in [0.25, 0.3) is 0 Å². The highest BCUT2D eigenvalue weighted by molar-refractivity contribution is 6.02. The van der Waals surface area contributed by atoms with Gasteiger partial charge in [0.2, 0.25) is 5.91 Å². The van der Waals surface area contributed by atoms with E-state index in [-0.39, 0.29) is 17.9 Å². The Kier molecular flexibility index (Phi) is 5.90. The largest absolute Gasteiger partial charge is 0.493 e. The summed E-state index contributed by atoms with van der Waals surface area (Å²) in [4.78, 5) is 28.9. The van der Waals surface area contributed by atoms with E-state index in [0.29, 0.717) is 41.6 Å². The Morgan fingerprint density at radius 2 is 1.84 bits per heavy atom. The lowest BCUT2D eigenvalue weighted by Gasteiger charge is -2.45. The van der Waals surface area contributed by atoms with Crippen LogP contribution in [0.5, 0.6) is 11.5 Å². The Bertz CT molecular complexity index is 1000. The van der Waals surface area contributed by atoms with Crippen LogP contribution in [0.3, 0.4) is 0 Å². The fraction of sp³-hybridized carbons (Fsp3) is 0.440. The number of nitrogens with one attached hydrogen (secondary N) is 1. The normalized spacial score (nSPS) is 19.4. The summed E-state index contributed by atoms with van der Waals surface area (Å²) < 4.78 is 10.9. The molecule has 2 aliphatic rings. The summed E-state index contributed by atoms with van der Waals surface area (Å²) in [5.41, 5.74) is 3.45. The first-order chi connectivity index (χ1) is 15.0. The van der Waals surface area contributed by atoms with Gasteiger partial charge >= 0.3 is 0 Å². The third kappa shape index (κ3) is 3.75. The molecule has 2 amide bonds. The third-order valence-corrected chi connectivity index (χ3v) is 6.33. The average Bonchev–Trinajstić information content (AvgIpc) is 2.78. The highest BCUT2D eigenvalue weighted by Crippen LogP contribution is 2.48. The van der Waals surface area contributed by atoms with E-state index < -0.39 is 5.92 Å². The van der Waals surface area contributed by atoms with Gasteiger partial charge in [-0.25, -0.2) is 0 Å². The van der Waals surface area contributed by atoms with E-state index in [1.54, 1.807) is 26.4 Å². The fourth-order valence-corrected chi connectivity index (χ4v) is 4.73. The monoisotopic (exact) mass is 422 g/mol. The molecular weight excluding hydrogens is 392 g/mol. The molecule has 0 saturated heterocycles. The summed E-state index contributed by atoms with van der Waals surface area (Å²) in [6.45, 7) is 5.47. The van der Waals surface area contributed by atoms with E-state index in [9.17, 15) is 9.59 Å². The Hall–Kier alpha value is -3.02. The number of rotatable bonds is 6. The van der Waals surface area contributed by atoms with E-state index in [0.717, 1.165) is 18.4 Å². The van der Waals surface area contributed by atoms with Crippen LogP contribution in [0, 0.1) is 5.92 Å².